The lowest BCUT2D eigenvalue weighted by Gasteiger charge is -2.42. The number of hydrogen-bond donors (Lipinski definition) is 2. The van der Waals surface area contributed by atoms with E-state index in [1.807, 2.05) is 6.92 Å². The summed E-state index contributed by atoms with van der Waals surface area (Å²) in [5.41, 5.74) is 0.755. The summed E-state index contributed by atoms with van der Waals surface area (Å²) in [7, 11) is 0. The second-order valence-corrected chi connectivity index (χ2v) is 7.85. The van der Waals surface area contributed by atoms with Crippen LogP contribution in [-0.2, 0) is 10.2 Å². The number of nitrogens with zero attached hydrogens (tertiary/aromatic N) is 1. The van der Waals surface area contributed by atoms with Gasteiger partial charge in [-0.15, -0.1) is 0 Å². The lowest BCUT2D eigenvalue weighted by molar-refractivity contribution is -0.0320. The zero-order chi connectivity index (χ0) is 16.6. The SMILES string of the molecule is Cc1c(NC(=O)NC2C3CCCC2COC3)noc1C(C)(C)C. The first kappa shape index (κ1) is 16.3. The van der Waals surface area contributed by atoms with Gasteiger partial charge in [0.25, 0.3) is 0 Å². The second kappa shape index (κ2) is 6.15. The Morgan fingerprint density at radius 3 is 2.43 bits per heavy atom. The molecule has 1 aliphatic heterocycles. The van der Waals surface area contributed by atoms with Crippen LogP contribution in [0.4, 0.5) is 10.6 Å². The van der Waals surface area contributed by atoms with Gasteiger partial charge in [-0.2, -0.15) is 0 Å². The van der Waals surface area contributed by atoms with E-state index >= 15 is 0 Å². The largest absolute Gasteiger partial charge is 0.381 e. The highest BCUT2D eigenvalue weighted by molar-refractivity contribution is 5.89. The van der Waals surface area contributed by atoms with Gasteiger partial charge in [0.1, 0.15) is 5.76 Å². The number of urea groups is 1. The lowest BCUT2D eigenvalue weighted by atomic mass is 9.76. The Morgan fingerprint density at radius 1 is 1.22 bits per heavy atom. The van der Waals surface area contributed by atoms with Gasteiger partial charge < -0.3 is 14.6 Å². The third-order valence-electron chi connectivity index (χ3n) is 4.96. The fourth-order valence-corrected chi connectivity index (χ4v) is 3.81. The molecule has 1 saturated heterocycles. The molecule has 1 aromatic rings. The number of carbonyl (C=O) groups is 1. The highest BCUT2D eigenvalue weighted by Crippen LogP contribution is 2.34. The van der Waals surface area contributed by atoms with Gasteiger partial charge in [-0.25, -0.2) is 4.79 Å². The van der Waals surface area contributed by atoms with Crippen molar-refractivity contribution in [1.29, 1.82) is 0 Å². The van der Waals surface area contributed by atoms with Crippen molar-refractivity contribution < 1.29 is 14.1 Å². The molecule has 6 heteroatoms. The van der Waals surface area contributed by atoms with E-state index in [-0.39, 0.29) is 17.5 Å². The zero-order valence-electron chi connectivity index (χ0n) is 14.4. The van der Waals surface area contributed by atoms with Crippen LogP contribution >= 0.6 is 0 Å². The van der Waals surface area contributed by atoms with Crippen LogP contribution in [0.15, 0.2) is 4.52 Å². The van der Waals surface area contributed by atoms with Crippen LogP contribution in [0.1, 0.15) is 51.4 Å². The highest BCUT2D eigenvalue weighted by atomic mass is 16.5. The number of carbonyl (C=O) groups excluding carboxylic acids is 1. The normalized spacial score (nSPS) is 27.6. The van der Waals surface area contributed by atoms with Crippen molar-refractivity contribution in [2.75, 3.05) is 18.5 Å². The first-order valence-electron chi connectivity index (χ1n) is 8.48. The third kappa shape index (κ3) is 3.37. The molecule has 23 heavy (non-hydrogen) atoms. The Bertz CT molecular complexity index is 554. The van der Waals surface area contributed by atoms with E-state index in [4.69, 9.17) is 9.26 Å². The fourth-order valence-electron chi connectivity index (χ4n) is 3.81. The van der Waals surface area contributed by atoms with Crippen molar-refractivity contribution in [2.24, 2.45) is 11.8 Å². The van der Waals surface area contributed by atoms with Gasteiger partial charge in [0.05, 0.1) is 13.2 Å². The first-order valence-corrected chi connectivity index (χ1v) is 8.48. The summed E-state index contributed by atoms with van der Waals surface area (Å²) in [6.45, 7) is 9.61. The molecule has 2 bridgehead atoms. The molecule has 2 aliphatic rings. The third-order valence-corrected chi connectivity index (χ3v) is 4.96. The van der Waals surface area contributed by atoms with Gasteiger partial charge in [-0.05, 0) is 19.8 Å². The average molecular weight is 321 g/mol. The summed E-state index contributed by atoms with van der Waals surface area (Å²) in [5, 5.41) is 9.99. The summed E-state index contributed by atoms with van der Waals surface area (Å²) >= 11 is 0. The number of rotatable bonds is 2. The van der Waals surface area contributed by atoms with Crippen molar-refractivity contribution in [3.63, 3.8) is 0 Å². The van der Waals surface area contributed by atoms with E-state index in [0.29, 0.717) is 17.7 Å². The van der Waals surface area contributed by atoms with E-state index in [0.717, 1.165) is 37.4 Å². The maximum atomic E-state index is 12.4. The topological polar surface area (TPSA) is 76.4 Å². The van der Waals surface area contributed by atoms with Gasteiger partial charge in [0, 0.05) is 28.9 Å². The molecule has 2 heterocycles. The van der Waals surface area contributed by atoms with Crippen molar-refractivity contribution >= 4 is 11.8 Å². The molecule has 0 radical (unpaired) electrons. The zero-order valence-corrected chi connectivity index (χ0v) is 14.4. The molecule has 128 valence electrons. The maximum Gasteiger partial charge on any atom is 0.320 e. The number of aromatic nitrogens is 1. The van der Waals surface area contributed by atoms with Crippen molar-refractivity contribution in [3.05, 3.63) is 11.3 Å². The predicted octanol–water partition coefficient (Wildman–Crippen LogP) is 3.22. The number of amides is 2. The summed E-state index contributed by atoms with van der Waals surface area (Å²) < 4.78 is 11.0. The number of hydrogen-bond acceptors (Lipinski definition) is 4. The fraction of sp³-hybridized carbons (Fsp3) is 0.765. The average Bonchev–Trinajstić information content (AvgIpc) is 2.79. The molecule has 2 N–H and O–H groups in total. The van der Waals surface area contributed by atoms with Gasteiger partial charge in [0.15, 0.2) is 5.82 Å². The number of nitrogens with one attached hydrogen (secondary N) is 2. The predicted molar refractivity (Wildman–Crippen MR) is 87.5 cm³/mol. The Labute approximate surface area is 137 Å². The molecule has 2 amide bonds. The van der Waals surface area contributed by atoms with E-state index < -0.39 is 0 Å². The van der Waals surface area contributed by atoms with Gasteiger partial charge in [0.2, 0.25) is 0 Å². The Balaban J connectivity index is 1.65. The van der Waals surface area contributed by atoms with Gasteiger partial charge in [-0.3, -0.25) is 5.32 Å². The number of ether oxygens (including phenoxy) is 1. The van der Waals surface area contributed by atoms with E-state index in [1.165, 1.54) is 6.42 Å². The summed E-state index contributed by atoms with van der Waals surface area (Å²) in [6.07, 6.45) is 3.48. The van der Waals surface area contributed by atoms with Gasteiger partial charge >= 0.3 is 6.03 Å². The lowest BCUT2D eigenvalue weighted by Crippen LogP contribution is -2.54. The van der Waals surface area contributed by atoms with E-state index in [9.17, 15) is 4.79 Å². The molecule has 1 aromatic heterocycles. The first-order chi connectivity index (χ1) is 10.9. The molecule has 2 fully saturated rings. The molecule has 0 spiro atoms. The van der Waals surface area contributed by atoms with Crippen LogP contribution in [-0.4, -0.2) is 30.4 Å². The minimum atomic E-state index is -0.203. The Kier molecular flexibility index (Phi) is 4.36. The standard InChI is InChI=1S/C17H27N3O3/c1-10-14(17(2,3)4)23-20-15(10)19-16(21)18-13-11-6-5-7-12(13)9-22-8-11/h11-13H,5-9H2,1-4H3,(H2,18,19,20,21). The smallest absolute Gasteiger partial charge is 0.320 e. The van der Waals surface area contributed by atoms with Crippen LogP contribution in [0.2, 0.25) is 0 Å². The summed E-state index contributed by atoms with van der Waals surface area (Å²) in [6, 6.07) is -0.00236. The molecule has 2 atom stereocenters. The summed E-state index contributed by atoms with van der Waals surface area (Å²) in [5.74, 6) is 2.16. The van der Waals surface area contributed by atoms with Crippen molar-refractivity contribution in [2.45, 2.75) is 58.4 Å². The Hall–Kier alpha value is -1.56. The second-order valence-electron chi connectivity index (χ2n) is 7.85. The molecular formula is C17H27N3O3. The molecule has 3 rings (SSSR count). The van der Waals surface area contributed by atoms with Crippen LogP contribution in [0.5, 0.6) is 0 Å². The molecule has 2 unspecified atom stereocenters. The van der Waals surface area contributed by atoms with E-state index in [2.05, 4.69) is 36.6 Å². The summed E-state index contributed by atoms with van der Waals surface area (Å²) in [4.78, 5) is 12.4. The molecular weight excluding hydrogens is 294 g/mol. The molecule has 1 aliphatic carbocycles. The van der Waals surface area contributed by atoms with Crippen molar-refractivity contribution in [1.82, 2.24) is 10.5 Å². The molecule has 6 nitrogen and oxygen atoms in total. The van der Waals surface area contributed by atoms with Crippen molar-refractivity contribution in [3.8, 4) is 0 Å². The van der Waals surface area contributed by atoms with Crippen LogP contribution in [0.3, 0.4) is 0 Å². The molecule has 1 saturated carbocycles. The van der Waals surface area contributed by atoms with Crippen LogP contribution in [0.25, 0.3) is 0 Å². The minimum absolute atomic E-state index is 0.134. The number of fused-ring (bicyclic) bond motifs is 2. The Morgan fingerprint density at radius 2 is 1.87 bits per heavy atom. The highest BCUT2D eigenvalue weighted by Gasteiger charge is 2.38. The van der Waals surface area contributed by atoms with Gasteiger partial charge in [-0.1, -0.05) is 32.3 Å². The minimum Gasteiger partial charge on any atom is -0.381 e. The molecule has 0 aromatic carbocycles. The van der Waals surface area contributed by atoms with E-state index in [1.54, 1.807) is 0 Å². The van der Waals surface area contributed by atoms with Crippen LogP contribution < -0.4 is 10.6 Å². The maximum absolute atomic E-state index is 12.4. The monoisotopic (exact) mass is 321 g/mol. The number of anilines is 1. The quantitative estimate of drug-likeness (QED) is 0.877. The van der Waals surface area contributed by atoms with Crippen LogP contribution in [0, 0.1) is 18.8 Å².